The molecule has 0 fully saturated rings. The maximum Gasteiger partial charge on any atom is 0.194 e. The minimum absolute atomic E-state index is 0.0226. The normalized spacial score (nSPS) is 10.1. The van der Waals surface area contributed by atoms with Gasteiger partial charge in [0.05, 0.1) is 6.61 Å². The van der Waals surface area contributed by atoms with Crippen LogP contribution in [0.3, 0.4) is 0 Å². The number of carbonyl (C=O) groups excluding carboxylic acids is 1. The van der Waals surface area contributed by atoms with E-state index in [9.17, 15) is 4.79 Å². The summed E-state index contributed by atoms with van der Waals surface area (Å²) in [6.07, 6.45) is 1.61. The Labute approximate surface area is 106 Å². The van der Waals surface area contributed by atoms with Gasteiger partial charge in [0.1, 0.15) is 5.75 Å². The van der Waals surface area contributed by atoms with Crippen LogP contribution in [0.4, 0.5) is 0 Å². The Kier molecular flexibility index (Phi) is 3.72. The number of benzene rings is 1. The summed E-state index contributed by atoms with van der Waals surface area (Å²) in [5.41, 5.74) is 2.15. The first kappa shape index (κ1) is 12.3. The summed E-state index contributed by atoms with van der Waals surface area (Å²) in [5.74, 6) is 0.752. The van der Waals surface area contributed by atoms with Crippen LogP contribution in [0.15, 0.2) is 42.6 Å². The van der Waals surface area contributed by atoms with Crippen LogP contribution < -0.4 is 4.74 Å². The molecule has 0 aliphatic rings. The summed E-state index contributed by atoms with van der Waals surface area (Å²) in [6.45, 7) is 4.44. The van der Waals surface area contributed by atoms with Crippen molar-refractivity contribution in [2.45, 2.75) is 13.8 Å². The van der Waals surface area contributed by atoms with Crippen LogP contribution >= 0.6 is 0 Å². The number of aryl methyl sites for hydroxylation is 1. The molecule has 0 saturated carbocycles. The van der Waals surface area contributed by atoms with Gasteiger partial charge in [-0.1, -0.05) is 0 Å². The van der Waals surface area contributed by atoms with Crippen LogP contribution in [-0.4, -0.2) is 17.4 Å². The average molecular weight is 241 g/mol. The van der Waals surface area contributed by atoms with E-state index in [1.54, 1.807) is 36.5 Å². The summed E-state index contributed by atoms with van der Waals surface area (Å²) in [7, 11) is 0. The number of rotatable bonds is 4. The molecule has 0 atom stereocenters. The molecule has 0 radical (unpaired) electrons. The minimum Gasteiger partial charge on any atom is -0.494 e. The van der Waals surface area contributed by atoms with E-state index >= 15 is 0 Å². The number of nitrogens with zero attached hydrogens (tertiary/aromatic N) is 1. The van der Waals surface area contributed by atoms with Crippen molar-refractivity contribution >= 4 is 5.78 Å². The van der Waals surface area contributed by atoms with Gasteiger partial charge < -0.3 is 4.74 Å². The summed E-state index contributed by atoms with van der Waals surface area (Å²) < 4.78 is 5.34. The third-order valence-electron chi connectivity index (χ3n) is 2.60. The highest BCUT2D eigenvalue weighted by Gasteiger charge is 2.09. The van der Waals surface area contributed by atoms with Crippen LogP contribution in [0, 0.1) is 6.92 Å². The molecule has 0 aliphatic heterocycles. The van der Waals surface area contributed by atoms with Gasteiger partial charge >= 0.3 is 0 Å². The molecule has 1 heterocycles. The van der Waals surface area contributed by atoms with Gasteiger partial charge in [-0.2, -0.15) is 0 Å². The van der Waals surface area contributed by atoms with Crippen molar-refractivity contribution in [3.05, 3.63) is 59.4 Å². The monoisotopic (exact) mass is 241 g/mol. The van der Waals surface area contributed by atoms with E-state index < -0.39 is 0 Å². The minimum atomic E-state index is -0.0226. The fraction of sp³-hybridized carbons (Fsp3) is 0.200. The van der Waals surface area contributed by atoms with Gasteiger partial charge in [-0.05, 0) is 50.2 Å². The quantitative estimate of drug-likeness (QED) is 0.772. The van der Waals surface area contributed by atoms with Gasteiger partial charge in [0.25, 0.3) is 0 Å². The molecule has 0 saturated heterocycles. The van der Waals surface area contributed by atoms with Crippen LogP contribution in [0.5, 0.6) is 5.75 Å². The van der Waals surface area contributed by atoms with E-state index in [0.29, 0.717) is 17.7 Å². The number of hydrogen-bond donors (Lipinski definition) is 0. The molecule has 2 aromatic rings. The van der Waals surface area contributed by atoms with Crippen molar-refractivity contribution < 1.29 is 9.53 Å². The number of carbonyl (C=O) groups is 1. The van der Waals surface area contributed by atoms with E-state index in [4.69, 9.17) is 4.74 Å². The maximum atomic E-state index is 12.1. The number of hydrogen-bond acceptors (Lipinski definition) is 3. The van der Waals surface area contributed by atoms with E-state index in [2.05, 4.69) is 4.98 Å². The molecule has 0 N–H and O–H groups in total. The Morgan fingerprint density at radius 1 is 1.11 bits per heavy atom. The van der Waals surface area contributed by atoms with Gasteiger partial charge in [-0.3, -0.25) is 9.78 Å². The lowest BCUT2D eigenvalue weighted by Gasteiger charge is -2.04. The Morgan fingerprint density at radius 3 is 2.33 bits per heavy atom. The molecule has 0 spiro atoms. The molecule has 92 valence electrons. The number of ketones is 1. The Morgan fingerprint density at radius 2 is 1.78 bits per heavy atom. The van der Waals surface area contributed by atoms with Gasteiger partial charge in [-0.15, -0.1) is 0 Å². The SMILES string of the molecule is CCOc1ccc(C(=O)c2ccc(C)nc2)cc1. The Balaban J connectivity index is 2.20. The van der Waals surface area contributed by atoms with Crippen molar-refractivity contribution in [2.75, 3.05) is 6.61 Å². The summed E-state index contributed by atoms with van der Waals surface area (Å²) >= 11 is 0. The second-order valence-corrected chi connectivity index (χ2v) is 3.97. The lowest BCUT2D eigenvalue weighted by molar-refractivity contribution is 0.103. The predicted octanol–water partition coefficient (Wildman–Crippen LogP) is 3.02. The molecule has 1 aromatic heterocycles. The largest absolute Gasteiger partial charge is 0.494 e. The second kappa shape index (κ2) is 5.45. The standard InChI is InChI=1S/C15H15NO2/c1-3-18-14-8-6-12(7-9-14)15(17)13-5-4-11(2)16-10-13/h4-10H,3H2,1-2H3. The third kappa shape index (κ3) is 2.74. The molecule has 2 rings (SSSR count). The first-order chi connectivity index (χ1) is 8.70. The average Bonchev–Trinajstić information content (AvgIpc) is 2.40. The van der Waals surface area contributed by atoms with Crippen molar-refractivity contribution in [3.8, 4) is 5.75 Å². The highest BCUT2D eigenvalue weighted by atomic mass is 16.5. The maximum absolute atomic E-state index is 12.1. The van der Waals surface area contributed by atoms with Gasteiger partial charge in [0.15, 0.2) is 5.78 Å². The highest BCUT2D eigenvalue weighted by Crippen LogP contribution is 2.15. The molecule has 0 aliphatic carbocycles. The molecule has 0 bridgehead atoms. The number of ether oxygens (including phenoxy) is 1. The predicted molar refractivity (Wildman–Crippen MR) is 70.0 cm³/mol. The first-order valence-electron chi connectivity index (χ1n) is 5.91. The molecule has 3 heteroatoms. The fourth-order valence-corrected chi connectivity index (χ4v) is 1.64. The third-order valence-corrected chi connectivity index (χ3v) is 2.60. The van der Waals surface area contributed by atoms with Crippen molar-refractivity contribution in [2.24, 2.45) is 0 Å². The first-order valence-corrected chi connectivity index (χ1v) is 5.91. The van der Waals surface area contributed by atoms with Crippen LogP contribution in [0.2, 0.25) is 0 Å². The Hall–Kier alpha value is -2.16. The second-order valence-electron chi connectivity index (χ2n) is 3.97. The smallest absolute Gasteiger partial charge is 0.194 e. The van der Waals surface area contributed by atoms with E-state index in [1.165, 1.54) is 0 Å². The lowest BCUT2D eigenvalue weighted by atomic mass is 10.0. The van der Waals surface area contributed by atoms with Crippen LogP contribution in [-0.2, 0) is 0 Å². The molecule has 3 nitrogen and oxygen atoms in total. The molecular formula is C15H15NO2. The number of aromatic nitrogens is 1. The summed E-state index contributed by atoms with van der Waals surface area (Å²) in [5, 5.41) is 0. The fourth-order valence-electron chi connectivity index (χ4n) is 1.64. The van der Waals surface area contributed by atoms with Crippen LogP contribution in [0.1, 0.15) is 28.5 Å². The zero-order valence-electron chi connectivity index (χ0n) is 10.5. The van der Waals surface area contributed by atoms with E-state index in [-0.39, 0.29) is 5.78 Å². The van der Waals surface area contributed by atoms with Crippen molar-refractivity contribution in [3.63, 3.8) is 0 Å². The van der Waals surface area contributed by atoms with Crippen molar-refractivity contribution in [1.29, 1.82) is 0 Å². The molecule has 18 heavy (non-hydrogen) atoms. The topological polar surface area (TPSA) is 39.2 Å². The lowest BCUT2D eigenvalue weighted by Crippen LogP contribution is -2.02. The van der Waals surface area contributed by atoms with E-state index in [0.717, 1.165) is 11.4 Å². The Bertz CT molecular complexity index is 529. The van der Waals surface area contributed by atoms with Gasteiger partial charge in [0.2, 0.25) is 0 Å². The highest BCUT2D eigenvalue weighted by molar-refractivity contribution is 6.08. The van der Waals surface area contributed by atoms with Gasteiger partial charge in [-0.25, -0.2) is 0 Å². The zero-order chi connectivity index (χ0) is 13.0. The van der Waals surface area contributed by atoms with Crippen LogP contribution in [0.25, 0.3) is 0 Å². The molecule has 0 amide bonds. The number of pyridine rings is 1. The molecular weight excluding hydrogens is 226 g/mol. The zero-order valence-corrected chi connectivity index (χ0v) is 10.5. The van der Waals surface area contributed by atoms with Crippen molar-refractivity contribution in [1.82, 2.24) is 4.98 Å². The molecule has 1 aromatic carbocycles. The molecule has 0 unspecified atom stereocenters. The van der Waals surface area contributed by atoms with Gasteiger partial charge in [0, 0.05) is 23.0 Å². The summed E-state index contributed by atoms with van der Waals surface area (Å²) in [6, 6.07) is 10.8. The summed E-state index contributed by atoms with van der Waals surface area (Å²) in [4.78, 5) is 16.3. The van der Waals surface area contributed by atoms with E-state index in [1.807, 2.05) is 19.9 Å².